The molecular formula is C33H39ClN4O6. The number of carbonyl (C=O) groups is 3. The van der Waals surface area contributed by atoms with Crippen molar-refractivity contribution >= 4 is 29.3 Å². The Labute approximate surface area is 262 Å². The number of aliphatic hydroxyl groups is 1. The molecule has 0 radical (unpaired) electrons. The number of aliphatic hydroxyl groups excluding tert-OH is 1. The molecule has 0 unspecified atom stereocenters. The van der Waals surface area contributed by atoms with Gasteiger partial charge >= 0.3 is 0 Å². The summed E-state index contributed by atoms with van der Waals surface area (Å²) >= 11 is 6.17. The normalized spacial score (nSPS) is 20.8. The number of nitrogens with one attached hydrogen (secondary N) is 3. The molecule has 4 rings (SSSR count). The summed E-state index contributed by atoms with van der Waals surface area (Å²) in [6, 6.07) is 18.3. The van der Waals surface area contributed by atoms with Gasteiger partial charge < -0.3 is 35.8 Å². The monoisotopic (exact) mass is 622 g/mol. The van der Waals surface area contributed by atoms with Crippen LogP contribution in [0.1, 0.15) is 23.1 Å². The van der Waals surface area contributed by atoms with E-state index >= 15 is 0 Å². The predicted molar refractivity (Wildman–Crippen MR) is 168 cm³/mol. The van der Waals surface area contributed by atoms with Crippen LogP contribution in [0.5, 0.6) is 11.5 Å². The van der Waals surface area contributed by atoms with E-state index in [1.165, 1.54) is 11.9 Å². The van der Waals surface area contributed by atoms with E-state index in [1.54, 1.807) is 42.5 Å². The summed E-state index contributed by atoms with van der Waals surface area (Å²) < 4.78 is 6.06. The third kappa shape index (κ3) is 9.19. The lowest BCUT2D eigenvalue weighted by Crippen LogP contribution is -2.58. The van der Waals surface area contributed by atoms with Crippen molar-refractivity contribution in [2.45, 2.75) is 43.8 Å². The van der Waals surface area contributed by atoms with Crippen LogP contribution >= 0.6 is 11.6 Å². The van der Waals surface area contributed by atoms with Gasteiger partial charge in [0.1, 0.15) is 30.2 Å². The molecule has 11 heteroatoms. The molecule has 3 atom stereocenters. The van der Waals surface area contributed by atoms with Crippen LogP contribution in [0.2, 0.25) is 5.02 Å². The molecule has 3 aromatic carbocycles. The van der Waals surface area contributed by atoms with Crippen LogP contribution < -0.4 is 20.7 Å². The van der Waals surface area contributed by atoms with E-state index in [4.69, 9.17) is 16.3 Å². The lowest BCUT2D eigenvalue weighted by atomic mass is 10.0. The molecule has 0 spiro atoms. The number of halogens is 1. The first-order valence-electron chi connectivity index (χ1n) is 14.7. The van der Waals surface area contributed by atoms with Gasteiger partial charge in [0.05, 0.1) is 12.6 Å². The summed E-state index contributed by atoms with van der Waals surface area (Å²) in [5.74, 6) is -0.638. The van der Waals surface area contributed by atoms with Crippen molar-refractivity contribution in [1.82, 2.24) is 20.9 Å². The smallest absolute Gasteiger partial charge is 0.245 e. The molecular weight excluding hydrogens is 584 g/mol. The van der Waals surface area contributed by atoms with E-state index in [1.807, 2.05) is 30.3 Å². The van der Waals surface area contributed by atoms with Gasteiger partial charge in [0.25, 0.3) is 0 Å². The largest absolute Gasteiger partial charge is 0.508 e. The Kier molecular flexibility index (Phi) is 12.0. The van der Waals surface area contributed by atoms with Gasteiger partial charge in [-0.3, -0.25) is 14.4 Å². The number of aryl methyl sites for hydroxylation is 1. The molecule has 5 N–H and O–H groups in total. The van der Waals surface area contributed by atoms with Crippen molar-refractivity contribution in [2.75, 3.05) is 33.4 Å². The van der Waals surface area contributed by atoms with E-state index < -0.39 is 36.5 Å². The predicted octanol–water partition coefficient (Wildman–Crippen LogP) is 2.23. The molecule has 3 amide bonds. The van der Waals surface area contributed by atoms with Gasteiger partial charge in [-0.25, -0.2) is 0 Å². The molecule has 0 aliphatic carbocycles. The summed E-state index contributed by atoms with van der Waals surface area (Å²) in [6.07, 6.45) is 1.73. The van der Waals surface area contributed by atoms with Crippen LogP contribution in [0, 0.1) is 0 Å². The van der Waals surface area contributed by atoms with E-state index in [2.05, 4.69) is 16.0 Å². The number of ether oxygens (including phenoxy) is 1. The fourth-order valence-electron chi connectivity index (χ4n) is 5.13. The maximum Gasteiger partial charge on any atom is 0.245 e. The molecule has 0 saturated carbocycles. The number of likely N-dealkylation sites (N-methyl/N-ethyl adjacent to an activating group) is 1. The molecule has 1 aliphatic heterocycles. The minimum atomic E-state index is -1.25. The molecule has 0 saturated heterocycles. The summed E-state index contributed by atoms with van der Waals surface area (Å²) in [4.78, 5) is 41.8. The summed E-state index contributed by atoms with van der Waals surface area (Å²) in [5.41, 5.74) is 2.53. The van der Waals surface area contributed by atoms with Crippen molar-refractivity contribution in [3.05, 3.63) is 94.5 Å². The van der Waals surface area contributed by atoms with Crippen LogP contribution in [0.4, 0.5) is 0 Å². The highest BCUT2D eigenvalue weighted by molar-refractivity contribution is 6.30. The number of hydrogen-bond acceptors (Lipinski definition) is 7. The highest BCUT2D eigenvalue weighted by Crippen LogP contribution is 2.20. The molecule has 1 aliphatic rings. The Morgan fingerprint density at radius 2 is 1.66 bits per heavy atom. The zero-order valence-corrected chi connectivity index (χ0v) is 25.4. The zero-order valence-electron chi connectivity index (χ0n) is 24.7. The van der Waals surface area contributed by atoms with Gasteiger partial charge in [0, 0.05) is 31.6 Å². The molecule has 1 heterocycles. The Morgan fingerprint density at radius 3 is 2.41 bits per heavy atom. The number of para-hydroxylation sites is 1. The number of nitrogens with zero attached hydrogens (tertiary/aromatic N) is 1. The second-order valence-electron chi connectivity index (χ2n) is 10.8. The van der Waals surface area contributed by atoms with Gasteiger partial charge in [-0.15, -0.1) is 0 Å². The SMILES string of the molecule is CN1C(=O)[C@H](Cc2ccc(O)cc2)NCCOc2ccccc2CCCNC(=O)[C@H](Cc2cccc(Cl)c2)NC(=O)[C@@H]1CO. The third-order valence-electron chi connectivity index (χ3n) is 7.57. The number of fused-ring (bicyclic) bond motifs is 1. The van der Waals surface area contributed by atoms with Gasteiger partial charge in [-0.05, 0) is 66.3 Å². The second kappa shape index (κ2) is 16.1. The first-order chi connectivity index (χ1) is 21.2. The van der Waals surface area contributed by atoms with Crippen molar-refractivity contribution in [3.8, 4) is 11.5 Å². The molecule has 0 fully saturated rings. The summed E-state index contributed by atoms with van der Waals surface area (Å²) in [5, 5.41) is 29.4. The van der Waals surface area contributed by atoms with Gasteiger partial charge in [0.15, 0.2) is 0 Å². The lowest BCUT2D eigenvalue weighted by molar-refractivity contribution is -0.142. The molecule has 0 bridgehead atoms. The quantitative estimate of drug-likeness (QED) is 0.294. The van der Waals surface area contributed by atoms with Gasteiger partial charge in [-0.1, -0.05) is 54.1 Å². The number of amides is 3. The first-order valence-corrected chi connectivity index (χ1v) is 15.0. The van der Waals surface area contributed by atoms with Crippen molar-refractivity contribution in [1.29, 1.82) is 0 Å². The van der Waals surface area contributed by atoms with Crippen LogP contribution in [0.25, 0.3) is 0 Å². The Bertz CT molecular complexity index is 1420. The highest BCUT2D eigenvalue weighted by atomic mass is 35.5. The fourth-order valence-corrected chi connectivity index (χ4v) is 5.34. The number of hydrogen-bond donors (Lipinski definition) is 5. The number of rotatable bonds is 5. The molecule has 234 valence electrons. The van der Waals surface area contributed by atoms with Crippen LogP contribution in [0.3, 0.4) is 0 Å². The maximum absolute atomic E-state index is 13.8. The number of phenolic OH excluding ortho intramolecular Hbond substituents is 1. The van der Waals surface area contributed by atoms with Crippen LogP contribution in [-0.4, -0.2) is 84.3 Å². The van der Waals surface area contributed by atoms with E-state index in [0.717, 1.165) is 22.4 Å². The van der Waals surface area contributed by atoms with E-state index in [-0.39, 0.29) is 31.1 Å². The topological polar surface area (TPSA) is 140 Å². The number of phenols is 1. The van der Waals surface area contributed by atoms with Gasteiger partial charge in [-0.2, -0.15) is 0 Å². The summed E-state index contributed by atoms with van der Waals surface area (Å²) in [7, 11) is 1.45. The average molecular weight is 623 g/mol. The number of benzene rings is 3. The average Bonchev–Trinajstić information content (AvgIpc) is 3.01. The van der Waals surface area contributed by atoms with Gasteiger partial charge in [0.2, 0.25) is 17.7 Å². The minimum Gasteiger partial charge on any atom is -0.508 e. The Morgan fingerprint density at radius 1 is 0.909 bits per heavy atom. The Balaban J connectivity index is 1.61. The fraction of sp³-hybridized carbons (Fsp3) is 0.364. The van der Waals surface area contributed by atoms with Crippen molar-refractivity contribution < 1.29 is 29.3 Å². The summed E-state index contributed by atoms with van der Waals surface area (Å²) in [6.45, 7) is 0.346. The third-order valence-corrected chi connectivity index (χ3v) is 7.81. The number of aromatic hydroxyl groups is 1. The van der Waals surface area contributed by atoms with Crippen molar-refractivity contribution in [3.63, 3.8) is 0 Å². The Hall–Kier alpha value is -4.12. The first kappa shape index (κ1) is 32.8. The standard InChI is InChI=1S/C33H39ClN4O6/c1-38-29(21-39)32(42)37-27(20-23-6-4-9-25(34)18-23)31(41)36-15-5-8-24-7-2-3-10-30(24)44-17-16-35-28(33(38)43)19-22-11-13-26(40)14-12-22/h2-4,6-7,9-14,18,27-29,35,39-40H,5,8,15-17,19-21H2,1H3,(H,36,41)(H,37,42)/t27-,28-,29-/m0/s1. The lowest BCUT2D eigenvalue weighted by Gasteiger charge is -2.31. The minimum absolute atomic E-state index is 0.107. The van der Waals surface area contributed by atoms with Crippen LogP contribution in [0.15, 0.2) is 72.8 Å². The molecule has 10 nitrogen and oxygen atoms in total. The second-order valence-corrected chi connectivity index (χ2v) is 11.2. The maximum atomic E-state index is 13.8. The number of carbonyl (C=O) groups excluding carboxylic acids is 3. The van der Waals surface area contributed by atoms with E-state index in [9.17, 15) is 24.6 Å². The zero-order chi connectivity index (χ0) is 31.5. The van der Waals surface area contributed by atoms with Crippen molar-refractivity contribution in [2.24, 2.45) is 0 Å². The van der Waals surface area contributed by atoms with Crippen LogP contribution in [-0.2, 0) is 33.6 Å². The molecule has 3 aromatic rings. The molecule has 44 heavy (non-hydrogen) atoms. The highest BCUT2D eigenvalue weighted by Gasteiger charge is 2.33. The van der Waals surface area contributed by atoms with E-state index in [0.29, 0.717) is 31.0 Å². The molecule has 0 aromatic heterocycles.